The van der Waals surface area contributed by atoms with E-state index < -0.39 is 0 Å². The Hall–Kier alpha value is -0.850. The third-order valence-electron chi connectivity index (χ3n) is 1.22. The SMILES string of the molecule is C=N/C(C)=C(C)\C=C/C. The van der Waals surface area contributed by atoms with E-state index >= 15 is 0 Å². The van der Waals surface area contributed by atoms with Crippen LogP contribution in [0.25, 0.3) is 0 Å². The summed E-state index contributed by atoms with van der Waals surface area (Å²) in [5.41, 5.74) is 2.17. The predicted octanol–water partition coefficient (Wildman–Crippen LogP) is 2.56. The molecule has 0 fully saturated rings. The minimum absolute atomic E-state index is 0.994. The first-order valence-corrected chi connectivity index (χ1v) is 2.99. The van der Waals surface area contributed by atoms with Crippen LogP contribution in [-0.4, -0.2) is 6.72 Å². The maximum absolute atomic E-state index is 3.79. The van der Waals surface area contributed by atoms with Crippen molar-refractivity contribution in [3.8, 4) is 0 Å². The van der Waals surface area contributed by atoms with Gasteiger partial charge in [-0.25, -0.2) is 0 Å². The zero-order chi connectivity index (χ0) is 7.28. The fraction of sp³-hybridized carbons (Fsp3) is 0.375. The molecule has 0 bridgehead atoms. The molecule has 1 nitrogen and oxygen atoms in total. The van der Waals surface area contributed by atoms with Gasteiger partial charge in [-0.15, -0.1) is 0 Å². The molecule has 1 heteroatoms. The smallest absolute Gasteiger partial charge is 0.0394 e. The van der Waals surface area contributed by atoms with Crippen molar-refractivity contribution in [1.29, 1.82) is 0 Å². The second-order valence-electron chi connectivity index (χ2n) is 1.93. The average molecular weight is 123 g/mol. The lowest BCUT2D eigenvalue weighted by Crippen LogP contribution is -1.73. The molecule has 0 atom stereocenters. The van der Waals surface area contributed by atoms with E-state index in [0.717, 1.165) is 5.70 Å². The summed E-state index contributed by atoms with van der Waals surface area (Å²) in [7, 11) is 0. The molecule has 0 unspecified atom stereocenters. The Balaban J connectivity index is 4.27. The molecule has 0 aromatic carbocycles. The first-order chi connectivity index (χ1) is 4.22. The fourth-order valence-electron chi connectivity index (χ4n) is 0.495. The minimum Gasteiger partial charge on any atom is -0.269 e. The van der Waals surface area contributed by atoms with E-state index in [4.69, 9.17) is 0 Å². The molecule has 0 aromatic heterocycles. The topological polar surface area (TPSA) is 12.4 Å². The number of nitrogens with zero attached hydrogens (tertiary/aromatic N) is 1. The number of rotatable bonds is 2. The molecular weight excluding hydrogens is 110 g/mol. The third-order valence-corrected chi connectivity index (χ3v) is 1.22. The zero-order valence-corrected chi connectivity index (χ0v) is 6.31. The number of aliphatic imine (C=N–C) groups is 1. The van der Waals surface area contributed by atoms with Gasteiger partial charge in [-0.3, -0.25) is 4.99 Å². The maximum atomic E-state index is 3.79. The van der Waals surface area contributed by atoms with Gasteiger partial charge in [0, 0.05) is 5.70 Å². The standard InChI is InChI=1S/C8H13N/c1-5-6-7(2)8(3)9-4/h5-6H,4H2,1-3H3/b6-5-,8-7-. The van der Waals surface area contributed by atoms with Gasteiger partial charge in [0.1, 0.15) is 0 Å². The molecule has 0 saturated carbocycles. The number of hydrogen-bond donors (Lipinski definition) is 0. The highest BCUT2D eigenvalue weighted by Crippen LogP contribution is 2.04. The van der Waals surface area contributed by atoms with Crippen LogP contribution in [0.4, 0.5) is 0 Å². The largest absolute Gasteiger partial charge is 0.269 e. The van der Waals surface area contributed by atoms with Crippen LogP contribution in [-0.2, 0) is 0 Å². The lowest BCUT2D eigenvalue weighted by atomic mass is 10.2. The predicted molar refractivity (Wildman–Crippen MR) is 42.7 cm³/mol. The summed E-state index contributed by atoms with van der Waals surface area (Å²) >= 11 is 0. The molecular formula is C8H13N. The van der Waals surface area contributed by atoms with Crippen LogP contribution >= 0.6 is 0 Å². The van der Waals surface area contributed by atoms with Crippen molar-refractivity contribution in [2.24, 2.45) is 4.99 Å². The van der Waals surface area contributed by atoms with Crippen LogP contribution in [0.1, 0.15) is 20.8 Å². The van der Waals surface area contributed by atoms with Gasteiger partial charge < -0.3 is 0 Å². The highest BCUT2D eigenvalue weighted by Gasteiger charge is 1.85. The van der Waals surface area contributed by atoms with Gasteiger partial charge in [-0.05, 0) is 33.1 Å². The van der Waals surface area contributed by atoms with Gasteiger partial charge >= 0.3 is 0 Å². The number of allylic oxidation sites excluding steroid dienone is 4. The van der Waals surface area contributed by atoms with Crippen molar-refractivity contribution in [1.82, 2.24) is 0 Å². The lowest BCUT2D eigenvalue weighted by Gasteiger charge is -1.92. The van der Waals surface area contributed by atoms with Crippen molar-refractivity contribution >= 4 is 6.72 Å². The zero-order valence-electron chi connectivity index (χ0n) is 6.31. The second-order valence-corrected chi connectivity index (χ2v) is 1.93. The lowest BCUT2D eigenvalue weighted by molar-refractivity contribution is 1.25. The van der Waals surface area contributed by atoms with Gasteiger partial charge in [-0.2, -0.15) is 0 Å². The summed E-state index contributed by atoms with van der Waals surface area (Å²) in [6.45, 7) is 9.37. The van der Waals surface area contributed by atoms with Crippen molar-refractivity contribution in [3.63, 3.8) is 0 Å². The summed E-state index contributed by atoms with van der Waals surface area (Å²) in [6, 6.07) is 0. The van der Waals surface area contributed by atoms with E-state index in [-0.39, 0.29) is 0 Å². The van der Waals surface area contributed by atoms with Gasteiger partial charge in [0.15, 0.2) is 0 Å². The Morgan fingerprint density at radius 2 is 2.00 bits per heavy atom. The molecule has 0 aliphatic carbocycles. The number of hydrogen-bond acceptors (Lipinski definition) is 1. The van der Waals surface area contributed by atoms with Crippen molar-refractivity contribution < 1.29 is 0 Å². The summed E-state index contributed by atoms with van der Waals surface area (Å²) in [5.74, 6) is 0. The fourth-order valence-corrected chi connectivity index (χ4v) is 0.495. The molecule has 0 aromatic rings. The first-order valence-electron chi connectivity index (χ1n) is 2.99. The average Bonchev–Trinajstić information content (AvgIpc) is 1.87. The van der Waals surface area contributed by atoms with Crippen LogP contribution in [0.5, 0.6) is 0 Å². The molecule has 0 spiro atoms. The third kappa shape index (κ3) is 2.85. The Bertz CT molecular complexity index is 152. The van der Waals surface area contributed by atoms with Crippen LogP contribution in [0.15, 0.2) is 28.4 Å². The minimum atomic E-state index is 0.994. The summed E-state index contributed by atoms with van der Waals surface area (Å²) in [5, 5.41) is 0. The monoisotopic (exact) mass is 123 g/mol. The van der Waals surface area contributed by atoms with Crippen LogP contribution < -0.4 is 0 Å². The molecule has 0 radical (unpaired) electrons. The van der Waals surface area contributed by atoms with E-state index in [1.165, 1.54) is 5.57 Å². The van der Waals surface area contributed by atoms with Crippen LogP contribution in [0.2, 0.25) is 0 Å². The van der Waals surface area contributed by atoms with Gasteiger partial charge in [0.2, 0.25) is 0 Å². The molecule has 0 heterocycles. The second kappa shape index (κ2) is 4.07. The summed E-state index contributed by atoms with van der Waals surface area (Å²) < 4.78 is 0. The Kier molecular flexibility index (Phi) is 3.69. The molecule has 0 N–H and O–H groups in total. The van der Waals surface area contributed by atoms with E-state index in [1.807, 2.05) is 32.9 Å². The molecule has 50 valence electrons. The molecule has 0 amide bonds. The van der Waals surface area contributed by atoms with Crippen molar-refractivity contribution in [3.05, 3.63) is 23.4 Å². The Morgan fingerprint density at radius 1 is 1.44 bits per heavy atom. The molecule has 9 heavy (non-hydrogen) atoms. The normalized spacial score (nSPS) is 13.7. The highest BCUT2D eigenvalue weighted by molar-refractivity contribution is 5.32. The molecule has 0 saturated heterocycles. The maximum Gasteiger partial charge on any atom is 0.0394 e. The van der Waals surface area contributed by atoms with Gasteiger partial charge in [-0.1, -0.05) is 12.2 Å². The van der Waals surface area contributed by atoms with Crippen LogP contribution in [0.3, 0.4) is 0 Å². The first kappa shape index (κ1) is 8.15. The summed E-state index contributed by atoms with van der Waals surface area (Å²) in [6.07, 6.45) is 4.01. The van der Waals surface area contributed by atoms with Crippen molar-refractivity contribution in [2.45, 2.75) is 20.8 Å². The molecule has 0 aliphatic rings. The van der Waals surface area contributed by atoms with E-state index in [9.17, 15) is 0 Å². The van der Waals surface area contributed by atoms with E-state index in [0.29, 0.717) is 0 Å². The molecule has 0 rings (SSSR count). The van der Waals surface area contributed by atoms with Gasteiger partial charge in [0.25, 0.3) is 0 Å². The summed E-state index contributed by atoms with van der Waals surface area (Å²) in [4.78, 5) is 3.79. The van der Waals surface area contributed by atoms with Crippen LogP contribution in [0, 0.1) is 0 Å². The highest BCUT2D eigenvalue weighted by atomic mass is 14.7. The Labute approximate surface area is 56.8 Å². The van der Waals surface area contributed by atoms with Crippen molar-refractivity contribution in [2.75, 3.05) is 0 Å². The molecule has 0 aliphatic heterocycles. The van der Waals surface area contributed by atoms with E-state index in [2.05, 4.69) is 11.7 Å². The Morgan fingerprint density at radius 3 is 2.33 bits per heavy atom. The van der Waals surface area contributed by atoms with Gasteiger partial charge in [0.05, 0.1) is 0 Å². The quantitative estimate of drug-likeness (QED) is 0.395. The van der Waals surface area contributed by atoms with E-state index in [1.54, 1.807) is 0 Å².